The van der Waals surface area contributed by atoms with Gasteiger partial charge in [0.2, 0.25) is 10.0 Å². The maximum Gasteiger partial charge on any atom is 0.248 e. The van der Waals surface area contributed by atoms with Crippen LogP contribution in [0.25, 0.3) is 0 Å². The molecule has 0 saturated carbocycles. The molecule has 5 nitrogen and oxygen atoms in total. The highest BCUT2D eigenvalue weighted by Crippen LogP contribution is 2.32. The average Bonchev–Trinajstić information content (AvgIpc) is 3.07. The molecule has 0 radical (unpaired) electrons. The topological polar surface area (TPSA) is 63.4 Å². The van der Waals surface area contributed by atoms with Crippen LogP contribution in [0.4, 0.5) is 0 Å². The molecular weight excluding hydrogens is 300 g/mol. The van der Waals surface area contributed by atoms with Crippen LogP contribution in [0, 0.1) is 20.8 Å². The second-order valence-electron chi connectivity index (χ2n) is 5.91. The van der Waals surface area contributed by atoms with Crippen LogP contribution in [0.2, 0.25) is 0 Å². The first kappa shape index (κ1) is 15.2. The van der Waals surface area contributed by atoms with E-state index in [1.807, 2.05) is 6.92 Å². The molecule has 1 aromatic heterocycles. The molecule has 118 valence electrons. The minimum absolute atomic E-state index is 0.219. The van der Waals surface area contributed by atoms with Crippen LogP contribution in [0.3, 0.4) is 0 Å². The molecule has 2 heterocycles. The number of rotatable bonds is 3. The quantitative estimate of drug-likeness (QED) is 0.872. The number of sulfonamides is 1. The average molecular weight is 320 g/mol. The van der Waals surface area contributed by atoms with Gasteiger partial charge < -0.3 is 4.52 Å². The van der Waals surface area contributed by atoms with Crippen LogP contribution >= 0.6 is 0 Å². The highest BCUT2D eigenvalue weighted by Gasteiger charge is 2.36. The van der Waals surface area contributed by atoms with E-state index in [0.717, 1.165) is 6.42 Å². The Labute approximate surface area is 131 Å². The number of aryl methyl sites for hydroxylation is 3. The predicted octanol–water partition coefficient (Wildman–Crippen LogP) is 2.78. The van der Waals surface area contributed by atoms with E-state index in [1.54, 1.807) is 18.2 Å². The Kier molecular flexibility index (Phi) is 3.82. The monoisotopic (exact) mass is 320 g/mol. The second kappa shape index (κ2) is 5.52. The van der Waals surface area contributed by atoms with Crippen molar-refractivity contribution in [3.63, 3.8) is 0 Å². The van der Waals surface area contributed by atoms with Gasteiger partial charge in [0.05, 0.1) is 0 Å². The summed E-state index contributed by atoms with van der Waals surface area (Å²) in [4.78, 5) is 0.219. The zero-order valence-electron chi connectivity index (χ0n) is 13.0. The van der Waals surface area contributed by atoms with Crippen LogP contribution in [0.15, 0.2) is 33.7 Å². The van der Waals surface area contributed by atoms with Crippen molar-refractivity contribution < 1.29 is 12.9 Å². The van der Waals surface area contributed by atoms with Gasteiger partial charge in [-0.25, -0.2) is 8.42 Å². The third kappa shape index (κ3) is 2.57. The van der Waals surface area contributed by atoms with Crippen molar-refractivity contribution in [3.8, 4) is 0 Å². The molecule has 0 N–H and O–H groups in total. The molecule has 1 aromatic carbocycles. The lowest BCUT2D eigenvalue weighted by atomic mass is 9.98. The molecule has 3 rings (SSSR count). The fraction of sp³-hybridized carbons (Fsp3) is 0.438. The van der Waals surface area contributed by atoms with Gasteiger partial charge in [0.15, 0.2) is 5.76 Å². The van der Waals surface area contributed by atoms with E-state index in [9.17, 15) is 8.42 Å². The van der Waals surface area contributed by atoms with Crippen molar-refractivity contribution >= 4 is 10.0 Å². The smallest absolute Gasteiger partial charge is 0.248 e. The van der Waals surface area contributed by atoms with Crippen molar-refractivity contribution in [2.24, 2.45) is 0 Å². The molecule has 0 amide bonds. The van der Waals surface area contributed by atoms with E-state index >= 15 is 0 Å². The van der Waals surface area contributed by atoms with Gasteiger partial charge in [-0.05, 0) is 38.7 Å². The van der Waals surface area contributed by atoms with Gasteiger partial charge in [0.1, 0.15) is 10.6 Å². The van der Waals surface area contributed by atoms with Crippen LogP contribution in [0.1, 0.15) is 34.9 Å². The van der Waals surface area contributed by atoms with Crippen molar-refractivity contribution in [3.05, 3.63) is 46.8 Å². The molecule has 1 fully saturated rings. The second-order valence-corrected chi connectivity index (χ2v) is 7.79. The molecule has 6 heteroatoms. The number of hydrogen-bond donors (Lipinski definition) is 0. The highest BCUT2D eigenvalue weighted by atomic mass is 32.2. The summed E-state index contributed by atoms with van der Waals surface area (Å²) in [6.45, 7) is 6.39. The first-order valence-corrected chi connectivity index (χ1v) is 8.83. The molecule has 1 saturated heterocycles. The molecule has 1 aliphatic heterocycles. The van der Waals surface area contributed by atoms with E-state index in [1.165, 1.54) is 11.1 Å². The maximum atomic E-state index is 12.8. The molecule has 0 aliphatic carbocycles. The number of aromatic nitrogens is 1. The van der Waals surface area contributed by atoms with Crippen LogP contribution in [-0.4, -0.2) is 31.0 Å². The van der Waals surface area contributed by atoms with Crippen molar-refractivity contribution in [2.75, 3.05) is 13.1 Å². The SMILES string of the molecule is Cc1ccc(C2CCN(S(=O)(=O)c3c(C)noc3C)C2)cc1. The summed E-state index contributed by atoms with van der Waals surface area (Å²) in [6.07, 6.45) is 0.839. The molecule has 1 atom stereocenters. The van der Waals surface area contributed by atoms with Gasteiger partial charge in [-0.3, -0.25) is 0 Å². The summed E-state index contributed by atoms with van der Waals surface area (Å²) in [5.41, 5.74) is 2.83. The molecule has 1 unspecified atom stereocenters. The largest absolute Gasteiger partial charge is 0.360 e. The zero-order chi connectivity index (χ0) is 15.9. The summed E-state index contributed by atoms with van der Waals surface area (Å²) in [5.74, 6) is 0.604. The zero-order valence-corrected chi connectivity index (χ0v) is 13.9. The van der Waals surface area contributed by atoms with Gasteiger partial charge in [-0.15, -0.1) is 0 Å². The first-order valence-electron chi connectivity index (χ1n) is 7.39. The lowest BCUT2D eigenvalue weighted by molar-refractivity contribution is 0.389. The first-order chi connectivity index (χ1) is 10.4. The number of nitrogens with zero attached hydrogens (tertiary/aromatic N) is 2. The van der Waals surface area contributed by atoms with E-state index in [0.29, 0.717) is 24.5 Å². The Balaban J connectivity index is 1.84. The van der Waals surface area contributed by atoms with Gasteiger partial charge in [0.25, 0.3) is 0 Å². The summed E-state index contributed by atoms with van der Waals surface area (Å²) in [6, 6.07) is 8.32. The summed E-state index contributed by atoms with van der Waals surface area (Å²) in [5, 5.41) is 3.76. The van der Waals surface area contributed by atoms with Crippen molar-refractivity contribution in [1.29, 1.82) is 0 Å². The predicted molar refractivity (Wildman–Crippen MR) is 83.3 cm³/mol. The molecule has 1 aliphatic rings. The van der Waals surface area contributed by atoms with Crippen molar-refractivity contribution in [1.82, 2.24) is 9.46 Å². The normalized spacial score (nSPS) is 19.7. The molecule has 2 aromatic rings. The van der Waals surface area contributed by atoms with Crippen LogP contribution in [-0.2, 0) is 10.0 Å². The van der Waals surface area contributed by atoms with E-state index < -0.39 is 10.0 Å². The van der Waals surface area contributed by atoms with E-state index in [-0.39, 0.29) is 10.8 Å². The van der Waals surface area contributed by atoms with Gasteiger partial charge >= 0.3 is 0 Å². The Morgan fingerprint density at radius 3 is 2.45 bits per heavy atom. The summed E-state index contributed by atoms with van der Waals surface area (Å²) < 4.78 is 32.1. The van der Waals surface area contributed by atoms with E-state index in [2.05, 4.69) is 29.4 Å². The third-order valence-electron chi connectivity index (χ3n) is 4.27. The van der Waals surface area contributed by atoms with Crippen LogP contribution < -0.4 is 0 Å². The van der Waals surface area contributed by atoms with Gasteiger partial charge in [-0.2, -0.15) is 4.31 Å². The Morgan fingerprint density at radius 2 is 1.86 bits per heavy atom. The van der Waals surface area contributed by atoms with E-state index in [4.69, 9.17) is 4.52 Å². The van der Waals surface area contributed by atoms with Crippen LogP contribution in [0.5, 0.6) is 0 Å². The molecule has 22 heavy (non-hydrogen) atoms. The third-order valence-corrected chi connectivity index (χ3v) is 6.38. The lowest BCUT2D eigenvalue weighted by Crippen LogP contribution is -2.29. The van der Waals surface area contributed by atoms with Gasteiger partial charge in [0, 0.05) is 13.1 Å². The fourth-order valence-electron chi connectivity index (χ4n) is 3.03. The standard InChI is InChI=1S/C16H20N2O3S/c1-11-4-6-14(7-5-11)15-8-9-18(10-15)22(19,20)16-12(2)17-21-13(16)3/h4-7,15H,8-10H2,1-3H3. The van der Waals surface area contributed by atoms with Gasteiger partial charge in [-0.1, -0.05) is 35.0 Å². The summed E-state index contributed by atoms with van der Waals surface area (Å²) >= 11 is 0. The number of benzene rings is 1. The number of hydrogen-bond acceptors (Lipinski definition) is 4. The molecular formula is C16H20N2O3S. The minimum Gasteiger partial charge on any atom is -0.360 e. The van der Waals surface area contributed by atoms with Crippen molar-refractivity contribution in [2.45, 2.75) is 38.0 Å². The molecule has 0 spiro atoms. The summed E-state index contributed by atoms with van der Waals surface area (Å²) in [7, 11) is -3.53. The Morgan fingerprint density at radius 1 is 1.18 bits per heavy atom. The lowest BCUT2D eigenvalue weighted by Gasteiger charge is -2.16. The Bertz CT molecular complexity index is 759. The fourth-order valence-corrected chi connectivity index (χ4v) is 4.82. The molecule has 0 bridgehead atoms. The minimum atomic E-state index is -3.53. The maximum absolute atomic E-state index is 12.8. The highest BCUT2D eigenvalue weighted by molar-refractivity contribution is 7.89. The Hall–Kier alpha value is -1.66.